The second-order valence-corrected chi connectivity index (χ2v) is 8.52. The van der Waals surface area contributed by atoms with Crippen LogP contribution in [0.15, 0.2) is 29.2 Å². The lowest BCUT2D eigenvalue weighted by Crippen LogP contribution is -2.38. The summed E-state index contributed by atoms with van der Waals surface area (Å²) in [4.78, 5) is 0.0724. The van der Waals surface area contributed by atoms with Crippen molar-refractivity contribution in [3.8, 4) is 0 Å². The molecular formula is C17H22O7S. The van der Waals surface area contributed by atoms with Crippen molar-refractivity contribution in [2.75, 3.05) is 6.61 Å². The lowest BCUT2D eigenvalue weighted by molar-refractivity contribution is -0.231. The van der Waals surface area contributed by atoms with Gasteiger partial charge in [0.1, 0.15) is 18.3 Å². The third-order valence-electron chi connectivity index (χ3n) is 5.04. The molecule has 1 aliphatic carbocycles. The van der Waals surface area contributed by atoms with Gasteiger partial charge in [0.2, 0.25) is 0 Å². The van der Waals surface area contributed by atoms with Crippen LogP contribution in [0.1, 0.15) is 31.2 Å². The molecule has 2 heterocycles. The fourth-order valence-electron chi connectivity index (χ4n) is 3.63. The van der Waals surface area contributed by atoms with Gasteiger partial charge in [0.05, 0.1) is 11.5 Å². The number of ether oxygens (including phenoxy) is 3. The van der Waals surface area contributed by atoms with E-state index >= 15 is 0 Å². The average Bonchev–Trinajstić information content (AvgIpc) is 3.25. The van der Waals surface area contributed by atoms with Crippen LogP contribution in [0.3, 0.4) is 0 Å². The van der Waals surface area contributed by atoms with E-state index < -0.39 is 40.5 Å². The molecule has 2 aliphatic heterocycles. The topological polar surface area (TPSA) is 91.3 Å². The number of hydrogen-bond acceptors (Lipinski definition) is 7. The second-order valence-electron chi connectivity index (χ2n) is 6.90. The van der Waals surface area contributed by atoms with Crippen LogP contribution in [0.2, 0.25) is 0 Å². The third-order valence-corrected chi connectivity index (χ3v) is 6.33. The fourth-order valence-corrected chi connectivity index (χ4v) is 4.55. The van der Waals surface area contributed by atoms with Gasteiger partial charge in [-0.05, 0) is 31.9 Å². The van der Waals surface area contributed by atoms with Crippen LogP contribution in [0, 0.1) is 6.92 Å². The molecule has 1 spiro atoms. The maximum absolute atomic E-state index is 12.2. The molecule has 3 aliphatic rings. The SMILES string of the molecule is Cc1ccc(S(=O)(=O)OC[C@@H]2O[C@H]3OC4(CCCC4)O[C@H]3[C@@H]2O)cc1. The zero-order valence-corrected chi connectivity index (χ0v) is 14.8. The Kier molecular flexibility index (Phi) is 4.38. The highest BCUT2D eigenvalue weighted by Gasteiger charge is 2.58. The highest BCUT2D eigenvalue weighted by molar-refractivity contribution is 7.86. The molecule has 1 aromatic rings. The molecule has 4 atom stereocenters. The predicted octanol–water partition coefficient (Wildman–Crippen LogP) is 1.47. The van der Waals surface area contributed by atoms with Crippen molar-refractivity contribution in [2.45, 2.75) is 67.9 Å². The summed E-state index contributed by atoms with van der Waals surface area (Å²) in [5.41, 5.74) is 0.955. The molecule has 1 saturated carbocycles. The maximum Gasteiger partial charge on any atom is 0.297 e. The molecule has 8 heteroatoms. The van der Waals surface area contributed by atoms with Crippen molar-refractivity contribution < 1.29 is 31.9 Å². The van der Waals surface area contributed by atoms with Gasteiger partial charge >= 0.3 is 0 Å². The Morgan fingerprint density at radius 3 is 2.52 bits per heavy atom. The zero-order chi connectivity index (χ0) is 17.7. The van der Waals surface area contributed by atoms with Gasteiger partial charge in [-0.15, -0.1) is 0 Å². The average molecular weight is 370 g/mol. The molecule has 0 bridgehead atoms. The number of aliphatic hydroxyl groups is 1. The lowest BCUT2D eigenvalue weighted by Gasteiger charge is -2.25. The first-order chi connectivity index (χ1) is 11.9. The van der Waals surface area contributed by atoms with E-state index in [4.69, 9.17) is 18.4 Å². The lowest BCUT2D eigenvalue weighted by atomic mass is 10.1. The minimum atomic E-state index is -3.91. The van der Waals surface area contributed by atoms with Crippen molar-refractivity contribution in [3.05, 3.63) is 29.8 Å². The monoisotopic (exact) mass is 370 g/mol. The molecule has 138 valence electrons. The maximum atomic E-state index is 12.2. The summed E-state index contributed by atoms with van der Waals surface area (Å²) in [6, 6.07) is 6.37. The number of hydrogen-bond donors (Lipinski definition) is 1. The molecular weight excluding hydrogens is 348 g/mol. The van der Waals surface area contributed by atoms with Gasteiger partial charge in [-0.3, -0.25) is 4.18 Å². The van der Waals surface area contributed by atoms with E-state index in [1.165, 1.54) is 12.1 Å². The number of aryl methyl sites for hydroxylation is 1. The van der Waals surface area contributed by atoms with Crippen LogP contribution in [-0.2, 0) is 28.5 Å². The second kappa shape index (κ2) is 6.29. The summed E-state index contributed by atoms with van der Waals surface area (Å²) in [5.74, 6) is -0.643. The third kappa shape index (κ3) is 3.22. The van der Waals surface area contributed by atoms with Gasteiger partial charge in [-0.25, -0.2) is 0 Å². The first-order valence-corrected chi connectivity index (χ1v) is 9.95. The molecule has 0 radical (unpaired) electrons. The smallest absolute Gasteiger partial charge is 0.297 e. The highest BCUT2D eigenvalue weighted by atomic mass is 32.2. The Hall–Kier alpha value is -1.03. The van der Waals surface area contributed by atoms with Crippen LogP contribution >= 0.6 is 0 Å². The fraction of sp³-hybridized carbons (Fsp3) is 0.647. The molecule has 3 fully saturated rings. The van der Waals surface area contributed by atoms with Crippen molar-refractivity contribution in [2.24, 2.45) is 0 Å². The Morgan fingerprint density at radius 2 is 1.88 bits per heavy atom. The molecule has 1 aromatic carbocycles. The van der Waals surface area contributed by atoms with Gasteiger partial charge in [0.25, 0.3) is 10.1 Å². The molecule has 7 nitrogen and oxygen atoms in total. The predicted molar refractivity (Wildman–Crippen MR) is 86.1 cm³/mol. The van der Waals surface area contributed by atoms with Crippen molar-refractivity contribution in [1.82, 2.24) is 0 Å². The van der Waals surface area contributed by atoms with Gasteiger partial charge in [0.15, 0.2) is 12.1 Å². The summed E-state index contributed by atoms with van der Waals surface area (Å²) in [7, 11) is -3.91. The van der Waals surface area contributed by atoms with Gasteiger partial charge < -0.3 is 19.3 Å². The Labute approximate surface area is 147 Å². The van der Waals surface area contributed by atoms with E-state index in [0.717, 1.165) is 31.2 Å². The zero-order valence-electron chi connectivity index (χ0n) is 14.0. The Bertz CT molecular complexity index is 724. The molecule has 1 N–H and O–H groups in total. The molecule has 25 heavy (non-hydrogen) atoms. The van der Waals surface area contributed by atoms with E-state index in [9.17, 15) is 13.5 Å². The molecule has 0 aromatic heterocycles. The first-order valence-electron chi connectivity index (χ1n) is 8.54. The molecule has 0 unspecified atom stereocenters. The van der Waals surface area contributed by atoms with Crippen molar-refractivity contribution >= 4 is 10.1 Å². The first kappa shape index (κ1) is 17.4. The van der Waals surface area contributed by atoms with Crippen molar-refractivity contribution in [1.29, 1.82) is 0 Å². The van der Waals surface area contributed by atoms with Crippen LogP contribution < -0.4 is 0 Å². The minimum absolute atomic E-state index is 0.0724. The standard InChI is InChI=1S/C17H22O7S/c1-11-4-6-12(7-5-11)25(19,20)21-10-13-14(18)15-16(22-13)24-17(23-15)8-2-3-9-17/h4-7,13-16,18H,2-3,8-10H2,1H3/t13-,14+,15-,16-/m0/s1. The van der Waals surface area contributed by atoms with Crippen LogP contribution in [0.4, 0.5) is 0 Å². The van der Waals surface area contributed by atoms with E-state index in [1.54, 1.807) is 12.1 Å². The largest absolute Gasteiger partial charge is 0.387 e. The minimum Gasteiger partial charge on any atom is -0.387 e. The van der Waals surface area contributed by atoms with Crippen LogP contribution in [0.5, 0.6) is 0 Å². The summed E-state index contributed by atoms with van der Waals surface area (Å²) in [5, 5.41) is 10.4. The van der Waals surface area contributed by atoms with Gasteiger partial charge in [-0.2, -0.15) is 8.42 Å². The van der Waals surface area contributed by atoms with Crippen LogP contribution in [0.25, 0.3) is 0 Å². The van der Waals surface area contributed by atoms with E-state index in [2.05, 4.69) is 0 Å². The molecule has 4 rings (SSSR count). The number of benzene rings is 1. The Morgan fingerprint density at radius 1 is 1.20 bits per heavy atom. The molecule has 2 saturated heterocycles. The normalized spacial score (nSPS) is 33.8. The number of rotatable bonds is 4. The summed E-state index contributed by atoms with van der Waals surface area (Å²) in [6.07, 6.45) is 0.552. The van der Waals surface area contributed by atoms with Gasteiger partial charge in [0, 0.05) is 12.8 Å². The Balaban J connectivity index is 1.38. The summed E-state index contributed by atoms with van der Waals surface area (Å²) in [6.45, 7) is 1.58. The van der Waals surface area contributed by atoms with Crippen molar-refractivity contribution in [3.63, 3.8) is 0 Å². The quantitative estimate of drug-likeness (QED) is 0.803. The summed E-state index contributed by atoms with van der Waals surface area (Å²) >= 11 is 0. The van der Waals surface area contributed by atoms with E-state index in [-0.39, 0.29) is 11.5 Å². The van der Waals surface area contributed by atoms with E-state index in [0.29, 0.717) is 0 Å². The van der Waals surface area contributed by atoms with Gasteiger partial charge in [-0.1, -0.05) is 17.7 Å². The number of aliphatic hydroxyl groups excluding tert-OH is 1. The number of fused-ring (bicyclic) bond motifs is 1. The molecule has 0 amide bonds. The summed E-state index contributed by atoms with van der Waals surface area (Å²) < 4.78 is 46.9. The van der Waals surface area contributed by atoms with E-state index in [1.807, 2.05) is 6.92 Å². The van der Waals surface area contributed by atoms with Crippen LogP contribution in [-0.4, -0.2) is 50.5 Å². The highest BCUT2D eigenvalue weighted by Crippen LogP contribution is 2.46.